The van der Waals surface area contributed by atoms with Crippen molar-refractivity contribution in [3.05, 3.63) is 60.2 Å². The zero-order chi connectivity index (χ0) is 17.1. The molecule has 2 aliphatic heterocycles. The molecule has 3 heteroatoms. The van der Waals surface area contributed by atoms with Crippen molar-refractivity contribution in [1.82, 2.24) is 4.90 Å². The van der Waals surface area contributed by atoms with Crippen LogP contribution in [-0.2, 0) is 6.42 Å². The number of anilines is 1. The van der Waals surface area contributed by atoms with Crippen molar-refractivity contribution in [3.8, 4) is 5.75 Å². The first-order valence-corrected chi connectivity index (χ1v) is 9.52. The van der Waals surface area contributed by atoms with Crippen LogP contribution in [0.25, 0.3) is 0 Å². The summed E-state index contributed by atoms with van der Waals surface area (Å²) in [5.41, 5.74) is 2.82. The third kappa shape index (κ3) is 3.67. The Bertz CT molecular complexity index is 656. The first-order chi connectivity index (χ1) is 12.3. The van der Waals surface area contributed by atoms with Crippen molar-refractivity contribution in [3.63, 3.8) is 0 Å². The fraction of sp³-hybridized carbons (Fsp3) is 0.455. The van der Waals surface area contributed by atoms with E-state index in [1.807, 2.05) is 0 Å². The summed E-state index contributed by atoms with van der Waals surface area (Å²) in [6.45, 7) is 3.63. The maximum atomic E-state index is 5.30. The van der Waals surface area contributed by atoms with E-state index >= 15 is 0 Å². The molecule has 4 rings (SSSR count). The highest BCUT2D eigenvalue weighted by Crippen LogP contribution is 2.35. The molecule has 2 unspecified atom stereocenters. The molecule has 2 atom stereocenters. The lowest BCUT2D eigenvalue weighted by Crippen LogP contribution is -2.54. The number of piperazine rings is 1. The summed E-state index contributed by atoms with van der Waals surface area (Å²) in [6.07, 6.45) is 5.10. The maximum absolute atomic E-state index is 5.30. The Morgan fingerprint density at radius 1 is 0.920 bits per heavy atom. The van der Waals surface area contributed by atoms with E-state index in [9.17, 15) is 0 Å². The minimum Gasteiger partial charge on any atom is -0.497 e. The van der Waals surface area contributed by atoms with E-state index in [0.717, 1.165) is 5.75 Å². The SMILES string of the molecule is COc1ccc(N2C3CCC2CN(CCCc2ccccc2)C3)cc1. The molecular formula is C22H28N2O. The van der Waals surface area contributed by atoms with Gasteiger partial charge in [0.2, 0.25) is 0 Å². The fourth-order valence-corrected chi connectivity index (χ4v) is 4.50. The highest BCUT2D eigenvalue weighted by atomic mass is 16.5. The standard InChI is InChI=1S/C22H28N2O/c1-25-22-13-11-19(12-14-22)24-20-9-10-21(24)17-23(16-20)15-5-8-18-6-3-2-4-7-18/h2-4,6-7,11-14,20-21H,5,8-10,15-17H2,1H3. The number of fused-ring (bicyclic) bond motifs is 2. The molecule has 2 fully saturated rings. The molecule has 2 saturated heterocycles. The van der Waals surface area contributed by atoms with Crippen LogP contribution in [-0.4, -0.2) is 43.7 Å². The van der Waals surface area contributed by atoms with Crippen molar-refractivity contribution in [2.45, 2.75) is 37.8 Å². The van der Waals surface area contributed by atoms with Gasteiger partial charge in [-0.3, -0.25) is 4.90 Å². The second-order valence-corrected chi connectivity index (χ2v) is 7.34. The lowest BCUT2D eigenvalue weighted by atomic mass is 10.1. The summed E-state index contributed by atoms with van der Waals surface area (Å²) < 4.78 is 5.30. The smallest absolute Gasteiger partial charge is 0.119 e. The van der Waals surface area contributed by atoms with E-state index in [-0.39, 0.29) is 0 Å². The molecule has 0 amide bonds. The van der Waals surface area contributed by atoms with Crippen LogP contribution in [0, 0.1) is 0 Å². The van der Waals surface area contributed by atoms with Crippen molar-refractivity contribution in [2.75, 3.05) is 31.6 Å². The van der Waals surface area contributed by atoms with Crippen LogP contribution in [0.2, 0.25) is 0 Å². The minimum atomic E-state index is 0.670. The third-order valence-electron chi connectivity index (χ3n) is 5.71. The van der Waals surface area contributed by atoms with Gasteiger partial charge in [-0.15, -0.1) is 0 Å². The number of aryl methyl sites for hydroxylation is 1. The van der Waals surface area contributed by atoms with Gasteiger partial charge >= 0.3 is 0 Å². The Morgan fingerprint density at radius 3 is 2.24 bits per heavy atom. The normalized spacial score (nSPS) is 23.0. The number of likely N-dealkylation sites (tertiary alicyclic amines) is 1. The molecule has 2 aromatic rings. The van der Waals surface area contributed by atoms with E-state index in [1.165, 1.54) is 56.6 Å². The van der Waals surface area contributed by atoms with Crippen LogP contribution < -0.4 is 9.64 Å². The van der Waals surface area contributed by atoms with Gasteiger partial charge in [0.1, 0.15) is 5.75 Å². The Labute approximate surface area is 151 Å². The molecule has 132 valence electrons. The Hall–Kier alpha value is -2.00. The summed E-state index contributed by atoms with van der Waals surface area (Å²) in [4.78, 5) is 5.35. The van der Waals surface area contributed by atoms with Gasteiger partial charge in [0.15, 0.2) is 0 Å². The fourth-order valence-electron chi connectivity index (χ4n) is 4.50. The monoisotopic (exact) mass is 336 g/mol. The van der Waals surface area contributed by atoms with Crippen LogP contribution in [0.3, 0.4) is 0 Å². The lowest BCUT2D eigenvalue weighted by molar-refractivity contribution is 0.217. The number of benzene rings is 2. The van der Waals surface area contributed by atoms with Crippen LogP contribution in [0.1, 0.15) is 24.8 Å². The zero-order valence-electron chi connectivity index (χ0n) is 15.1. The highest BCUT2D eigenvalue weighted by molar-refractivity contribution is 5.52. The molecule has 2 aliphatic rings. The minimum absolute atomic E-state index is 0.670. The first kappa shape index (κ1) is 16.5. The summed E-state index contributed by atoms with van der Waals surface area (Å²) in [7, 11) is 1.73. The van der Waals surface area contributed by atoms with E-state index in [1.54, 1.807) is 7.11 Å². The topological polar surface area (TPSA) is 15.7 Å². The molecule has 3 nitrogen and oxygen atoms in total. The predicted octanol–water partition coefficient (Wildman–Crippen LogP) is 3.98. The van der Waals surface area contributed by atoms with Crippen LogP contribution in [0.5, 0.6) is 5.75 Å². The molecule has 0 spiro atoms. The second kappa shape index (κ2) is 7.49. The van der Waals surface area contributed by atoms with E-state index in [4.69, 9.17) is 4.74 Å². The van der Waals surface area contributed by atoms with E-state index in [0.29, 0.717) is 12.1 Å². The zero-order valence-corrected chi connectivity index (χ0v) is 15.1. The Balaban J connectivity index is 1.33. The molecule has 0 aromatic heterocycles. The van der Waals surface area contributed by atoms with Gasteiger partial charge in [-0.2, -0.15) is 0 Å². The first-order valence-electron chi connectivity index (χ1n) is 9.52. The van der Waals surface area contributed by atoms with Crippen molar-refractivity contribution < 1.29 is 4.74 Å². The maximum Gasteiger partial charge on any atom is 0.119 e. The highest BCUT2D eigenvalue weighted by Gasteiger charge is 2.39. The van der Waals surface area contributed by atoms with Crippen molar-refractivity contribution in [1.29, 1.82) is 0 Å². The van der Waals surface area contributed by atoms with E-state index < -0.39 is 0 Å². The summed E-state index contributed by atoms with van der Waals surface area (Å²) in [5.74, 6) is 0.940. The lowest BCUT2D eigenvalue weighted by Gasteiger charge is -2.42. The summed E-state index contributed by atoms with van der Waals surface area (Å²) in [6, 6.07) is 20.8. The third-order valence-corrected chi connectivity index (χ3v) is 5.71. The molecule has 0 aliphatic carbocycles. The molecule has 2 bridgehead atoms. The van der Waals surface area contributed by atoms with Crippen LogP contribution in [0.15, 0.2) is 54.6 Å². The Morgan fingerprint density at radius 2 is 1.60 bits per heavy atom. The molecule has 0 radical (unpaired) electrons. The van der Waals surface area contributed by atoms with Gasteiger partial charge in [0.25, 0.3) is 0 Å². The van der Waals surface area contributed by atoms with Gasteiger partial charge in [0, 0.05) is 30.9 Å². The Kier molecular flexibility index (Phi) is 4.93. The van der Waals surface area contributed by atoms with Gasteiger partial charge in [-0.1, -0.05) is 30.3 Å². The van der Waals surface area contributed by atoms with Gasteiger partial charge in [0.05, 0.1) is 7.11 Å². The quantitative estimate of drug-likeness (QED) is 0.793. The summed E-state index contributed by atoms with van der Waals surface area (Å²) in [5, 5.41) is 0. The van der Waals surface area contributed by atoms with Crippen molar-refractivity contribution in [2.24, 2.45) is 0 Å². The molecular weight excluding hydrogens is 308 g/mol. The number of hydrogen-bond donors (Lipinski definition) is 0. The molecule has 25 heavy (non-hydrogen) atoms. The number of methoxy groups -OCH3 is 1. The molecule has 2 heterocycles. The van der Waals surface area contributed by atoms with Gasteiger partial charge in [-0.05, 0) is 62.1 Å². The van der Waals surface area contributed by atoms with Gasteiger partial charge in [-0.25, -0.2) is 0 Å². The average Bonchev–Trinajstić information content (AvgIpc) is 2.93. The van der Waals surface area contributed by atoms with Gasteiger partial charge < -0.3 is 9.64 Å². The summed E-state index contributed by atoms with van der Waals surface area (Å²) >= 11 is 0. The predicted molar refractivity (Wildman–Crippen MR) is 103 cm³/mol. The molecule has 0 N–H and O–H groups in total. The van der Waals surface area contributed by atoms with Crippen LogP contribution >= 0.6 is 0 Å². The van der Waals surface area contributed by atoms with Crippen LogP contribution in [0.4, 0.5) is 5.69 Å². The largest absolute Gasteiger partial charge is 0.497 e. The number of ether oxygens (including phenoxy) is 1. The number of rotatable bonds is 6. The molecule has 2 aromatic carbocycles. The number of nitrogens with zero attached hydrogens (tertiary/aromatic N) is 2. The number of hydrogen-bond acceptors (Lipinski definition) is 3. The van der Waals surface area contributed by atoms with E-state index in [2.05, 4.69) is 64.4 Å². The molecule has 0 saturated carbocycles. The second-order valence-electron chi connectivity index (χ2n) is 7.34. The average molecular weight is 336 g/mol. The van der Waals surface area contributed by atoms with Crippen molar-refractivity contribution >= 4 is 5.69 Å².